The van der Waals surface area contributed by atoms with Gasteiger partial charge in [0.2, 0.25) is 5.91 Å². The van der Waals surface area contributed by atoms with Crippen molar-refractivity contribution in [3.63, 3.8) is 0 Å². The molecule has 2 heterocycles. The average molecular weight is 559 g/mol. The topological polar surface area (TPSA) is 135 Å². The molecule has 4 N–H and O–H groups in total. The Labute approximate surface area is 236 Å². The molecule has 0 aliphatic carbocycles. The molecule has 2 atom stereocenters. The van der Waals surface area contributed by atoms with Crippen LogP contribution < -0.4 is 20.7 Å². The van der Waals surface area contributed by atoms with E-state index in [1.54, 1.807) is 25.4 Å². The number of amides is 2. The third-order valence-electron chi connectivity index (χ3n) is 7.06. The number of cyclic esters (lactones) is 1. The first-order valence-electron chi connectivity index (χ1n) is 13.3. The Balaban J connectivity index is 1.22. The minimum absolute atomic E-state index is 0.0699. The highest BCUT2D eigenvalue weighted by molar-refractivity contribution is 5.90. The van der Waals surface area contributed by atoms with E-state index in [1.165, 1.54) is 11.0 Å². The molecule has 3 aromatic carbocycles. The zero-order valence-electron chi connectivity index (χ0n) is 22.5. The number of hydrogen-bond donors (Lipinski definition) is 3. The molecule has 5 rings (SSSR count). The van der Waals surface area contributed by atoms with Gasteiger partial charge >= 0.3 is 6.09 Å². The summed E-state index contributed by atoms with van der Waals surface area (Å²) in [4.78, 5) is 24.7. The van der Waals surface area contributed by atoms with E-state index in [0.29, 0.717) is 36.2 Å². The summed E-state index contributed by atoms with van der Waals surface area (Å²) in [5.41, 5.74) is 9.68. The number of aromatic nitrogens is 3. The zero-order chi connectivity index (χ0) is 28.8. The van der Waals surface area contributed by atoms with Crippen LogP contribution in [0.1, 0.15) is 35.7 Å². The van der Waals surface area contributed by atoms with Gasteiger partial charge in [0.25, 0.3) is 0 Å². The van der Waals surface area contributed by atoms with Crippen LogP contribution in [0.3, 0.4) is 0 Å². The molecule has 1 aromatic heterocycles. The van der Waals surface area contributed by atoms with Crippen molar-refractivity contribution in [3.8, 4) is 16.9 Å². The van der Waals surface area contributed by atoms with Crippen LogP contribution >= 0.6 is 0 Å². The molecule has 2 unspecified atom stereocenters. The Morgan fingerprint density at radius 2 is 1.93 bits per heavy atom. The van der Waals surface area contributed by atoms with Crippen molar-refractivity contribution in [2.75, 3.05) is 18.6 Å². The van der Waals surface area contributed by atoms with Gasteiger partial charge in [0, 0.05) is 18.5 Å². The van der Waals surface area contributed by atoms with Crippen molar-refractivity contribution < 1.29 is 23.5 Å². The number of carbonyl (C=O) groups excluding carboxylic acids is 2. The van der Waals surface area contributed by atoms with Crippen LogP contribution in [0.4, 0.5) is 14.9 Å². The molecule has 0 bridgehead atoms. The SMILES string of the molecule is COc1ccc(CC(NCc2ccc(-c3ccc(N4CC(CCC(N)=O)OC4=O)cc3F)cc2)c2cn[nH]n2)cc1. The average Bonchev–Trinajstić information content (AvgIpc) is 3.65. The highest BCUT2D eigenvalue weighted by Crippen LogP contribution is 2.30. The standard InChI is InChI=1S/C30H31FN6O4/c1-40-23-9-4-19(5-10-23)14-27(28-17-34-36-35-28)33-16-20-2-6-21(7-3-20)25-12-8-22(15-26(25)31)37-18-24(41-30(37)39)11-13-29(32)38/h2-10,12,15,17,24,27,33H,11,13-14,16,18H2,1H3,(H2,32,38)(H,34,35,36). The molecule has 1 aliphatic heterocycles. The predicted molar refractivity (Wildman–Crippen MR) is 151 cm³/mol. The summed E-state index contributed by atoms with van der Waals surface area (Å²) < 4.78 is 25.7. The van der Waals surface area contributed by atoms with Crippen molar-refractivity contribution in [1.29, 1.82) is 0 Å². The molecule has 1 fully saturated rings. The van der Waals surface area contributed by atoms with Gasteiger partial charge in [-0.2, -0.15) is 15.4 Å². The molecule has 10 nitrogen and oxygen atoms in total. The molecule has 1 aliphatic rings. The number of rotatable bonds is 12. The van der Waals surface area contributed by atoms with E-state index in [9.17, 15) is 9.59 Å². The van der Waals surface area contributed by atoms with Gasteiger partial charge in [-0.3, -0.25) is 9.69 Å². The van der Waals surface area contributed by atoms with Crippen molar-refractivity contribution in [1.82, 2.24) is 20.7 Å². The van der Waals surface area contributed by atoms with E-state index in [1.807, 2.05) is 48.5 Å². The summed E-state index contributed by atoms with van der Waals surface area (Å²) in [6.45, 7) is 0.809. The number of nitrogens with two attached hydrogens (primary N) is 1. The Morgan fingerprint density at radius 3 is 2.59 bits per heavy atom. The van der Waals surface area contributed by atoms with Crippen molar-refractivity contribution in [2.24, 2.45) is 5.73 Å². The number of halogens is 1. The second-order valence-electron chi connectivity index (χ2n) is 9.86. The molecule has 2 amide bonds. The Morgan fingerprint density at radius 1 is 1.17 bits per heavy atom. The molecule has 1 saturated heterocycles. The zero-order valence-corrected chi connectivity index (χ0v) is 22.5. The first kappa shape index (κ1) is 27.8. The molecule has 11 heteroatoms. The molecule has 4 aromatic rings. The van der Waals surface area contributed by atoms with Gasteiger partial charge in [0.15, 0.2) is 0 Å². The van der Waals surface area contributed by atoms with Crippen LogP contribution in [0.15, 0.2) is 72.9 Å². The molecule has 0 radical (unpaired) electrons. The first-order valence-corrected chi connectivity index (χ1v) is 13.3. The lowest BCUT2D eigenvalue weighted by Crippen LogP contribution is -2.25. The number of hydrogen-bond acceptors (Lipinski definition) is 7. The first-order chi connectivity index (χ1) is 19.9. The molecule has 0 saturated carbocycles. The third-order valence-corrected chi connectivity index (χ3v) is 7.06. The van der Waals surface area contributed by atoms with Crippen molar-refractivity contribution in [3.05, 3.63) is 95.6 Å². The highest BCUT2D eigenvalue weighted by Gasteiger charge is 2.32. The Kier molecular flexibility index (Phi) is 8.54. The van der Waals surface area contributed by atoms with E-state index >= 15 is 4.39 Å². The summed E-state index contributed by atoms with van der Waals surface area (Å²) in [6, 6.07) is 20.1. The van der Waals surface area contributed by atoms with Gasteiger partial charge in [-0.25, -0.2) is 9.18 Å². The number of aromatic amines is 1. The number of methoxy groups -OCH3 is 1. The molecular weight excluding hydrogens is 527 g/mol. The fourth-order valence-electron chi connectivity index (χ4n) is 4.79. The van der Waals surface area contributed by atoms with Crippen LogP contribution in [0.25, 0.3) is 11.1 Å². The lowest BCUT2D eigenvalue weighted by molar-refractivity contribution is -0.118. The third kappa shape index (κ3) is 6.87. The maximum atomic E-state index is 15.2. The number of carbonyl (C=O) groups is 2. The van der Waals surface area contributed by atoms with Gasteiger partial charge < -0.3 is 20.5 Å². The second-order valence-corrected chi connectivity index (χ2v) is 9.86. The number of H-pyrrole nitrogens is 1. The van der Waals surface area contributed by atoms with Gasteiger partial charge in [0.05, 0.1) is 37.3 Å². The normalized spacial score (nSPS) is 15.5. The molecular formula is C30H31FN6O4. The fourth-order valence-corrected chi connectivity index (χ4v) is 4.79. The largest absolute Gasteiger partial charge is 0.497 e. The Hall–Kier alpha value is -4.77. The van der Waals surface area contributed by atoms with Crippen LogP contribution in [-0.4, -0.2) is 47.2 Å². The molecule has 0 spiro atoms. The number of nitrogens with zero attached hydrogens (tertiary/aromatic N) is 3. The summed E-state index contributed by atoms with van der Waals surface area (Å²) in [7, 11) is 1.64. The van der Waals surface area contributed by atoms with E-state index in [2.05, 4.69) is 20.7 Å². The highest BCUT2D eigenvalue weighted by atomic mass is 19.1. The minimum Gasteiger partial charge on any atom is -0.497 e. The second kappa shape index (κ2) is 12.6. The van der Waals surface area contributed by atoms with Gasteiger partial charge in [-0.15, -0.1) is 0 Å². The summed E-state index contributed by atoms with van der Waals surface area (Å²) in [5, 5.41) is 14.4. The number of ether oxygens (including phenoxy) is 2. The van der Waals surface area contributed by atoms with Crippen molar-refractivity contribution >= 4 is 17.7 Å². The number of primary amides is 1. The Bertz CT molecular complexity index is 1480. The molecule has 212 valence electrons. The maximum absolute atomic E-state index is 15.2. The maximum Gasteiger partial charge on any atom is 0.414 e. The lowest BCUT2D eigenvalue weighted by Gasteiger charge is -2.17. The monoisotopic (exact) mass is 558 g/mol. The molecule has 41 heavy (non-hydrogen) atoms. The van der Waals surface area contributed by atoms with E-state index in [4.69, 9.17) is 15.2 Å². The van der Waals surface area contributed by atoms with E-state index in [0.717, 1.165) is 22.6 Å². The van der Waals surface area contributed by atoms with Crippen LogP contribution in [0, 0.1) is 5.82 Å². The minimum atomic E-state index is -0.570. The predicted octanol–water partition coefficient (Wildman–Crippen LogP) is 4.28. The van der Waals surface area contributed by atoms with E-state index < -0.39 is 23.9 Å². The van der Waals surface area contributed by atoms with Gasteiger partial charge in [-0.05, 0) is 59.9 Å². The summed E-state index contributed by atoms with van der Waals surface area (Å²) in [5.74, 6) is -0.109. The lowest BCUT2D eigenvalue weighted by atomic mass is 10.0. The van der Waals surface area contributed by atoms with Gasteiger partial charge in [0.1, 0.15) is 17.7 Å². The quantitative estimate of drug-likeness (QED) is 0.236. The number of anilines is 1. The van der Waals surface area contributed by atoms with E-state index in [-0.39, 0.29) is 19.0 Å². The van der Waals surface area contributed by atoms with Crippen molar-refractivity contribution in [2.45, 2.75) is 38.0 Å². The van der Waals surface area contributed by atoms with Crippen LogP contribution in [0.2, 0.25) is 0 Å². The summed E-state index contributed by atoms with van der Waals surface area (Å²) in [6.07, 6.45) is 1.84. The number of nitrogens with one attached hydrogen (secondary N) is 2. The van der Waals surface area contributed by atoms with Crippen LogP contribution in [-0.2, 0) is 22.5 Å². The smallest absolute Gasteiger partial charge is 0.414 e. The fraction of sp³-hybridized carbons (Fsp3) is 0.267. The summed E-state index contributed by atoms with van der Waals surface area (Å²) >= 11 is 0. The van der Waals surface area contributed by atoms with Crippen LogP contribution in [0.5, 0.6) is 5.75 Å². The number of benzene rings is 3. The van der Waals surface area contributed by atoms with Gasteiger partial charge in [-0.1, -0.05) is 36.4 Å².